The minimum Gasteiger partial charge on any atom is -0.339 e. The van der Waals surface area contributed by atoms with Crippen LogP contribution in [-0.2, 0) is 14.8 Å². The Kier molecular flexibility index (Phi) is 6.78. The summed E-state index contributed by atoms with van der Waals surface area (Å²) in [6.45, 7) is 5.21. The van der Waals surface area contributed by atoms with Gasteiger partial charge in [-0.05, 0) is 37.8 Å². The molecule has 8 heteroatoms. The van der Waals surface area contributed by atoms with E-state index in [1.165, 1.54) is 16.8 Å². The molecule has 0 N–H and O–H groups in total. The van der Waals surface area contributed by atoms with Gasteiger partial charge in [0.15, 0.2) is 0 Å². The topological polar surface area (TPSA) is 60.9 Å². The maximum Gasteiger partial charge on any atom is 0.244 e. The highest BCUT2D eigenvalue weighted by Gasteiger charge is 2.32. The lowest BCUT2D eigenvalue weighted by molar-refractivity contribution is -0.136. The number of hydrogen-bond acceptors (Lipinski definition) is 4. The normalized spacial score (nSPS) is 22.7. The second-order valence-corrected chi connectivity index (χ2v) is 9.57. The first-order chi connectivity index (χ1) is 12.9. The Bertz CT molecular complexity index is 763. The summed E-state index contributed by atoms with van der Waals surface area (Å²) in [6.07, 6.45) is 4.36. The first kappa shape index (κ1) is 20.6. The van der Waals surface area contributed by atoms with Gasteiger partial charge in [0.05, 0.1) is 11.6 Å². The number of likely N-dealkylation sites (tertiary alicyclic amines) is 1. The van der Waals surface area contributed by atoms with Crippen LogP contribution in [0, 0.1) is 0 Å². The summed E-state index contributed by atoms with van der Waals surface area (Å²) in [6, 6.07) is 6.88. The molecule has 1 aromatic carbocycles. The van der Waals surface area contributed by atoms with Gasteiger partial charge in [-0.15, -0.1) is 0 Å². The van der Waals surface area contributed by atoms with Crippen LogP contribution in [-0.4, -0.2) is 73.7 Å². The summed E-state index contributed by atoms with van der Waals surface area (Å²) < 4.78 is 27.1. The highest BCUT2D eigenvalue weighted by atomic mass is 35.5. The molecule has 0 spiro atoms. The number of amides is 1. The maximum atomic E-state index is 12.8. The van der Waals surface area contributed by atoms with Gasteiger partial charge in [-0.25, -0.2) is 8.42 Å². The van der Waals surface area contributed by atoms with Gasteiger partial charge in [-0.1, -0.05) is 30.7 Å². The Hall–Kier alpha value is -1.15. The molecule has 0 unspecified atom stereocenters. The van der Waals surface area contributed by atoms with Crippen LogP contribution < -0.4 is 0 Å². The van der Waals surface area contributed by atoms with Gasteiger partial charge in [0.2, 0.25) is 15.9 Å². The summed E-state index contributed by atoms with van der Waals surface area (Å²) in [5, 5.41) is 0.241. The third-order valence-electron chi connectivity index (χ3n) is 5.56. The third kappa shape index (κ3) is 4.65. The quantitative estimate of drug-likeness (QED) is 0.743. The van der Waals surface area contributed by atoms with Crippen molar-refractivity contribution in [2.45, 2.75) is 43.5 Å². The van der Waals surface area contributed by atoms with E-state index in [4.69, 9.17) is 11.6 Å². The fraction of sp³-hybridized carbons (Fsp3) is 0.632. The molecule has 150 valence electrons. The number of benzene rings is 1. The average Bonchev–Trinajstić information content (AvgIpc) is 2.68. The zero-order chi connectivity index (χ0) is 19.4. The van der Waals surface area contributed by atoms with E-state index in [-0.39, 0.29) is 15.8 Å². The molecule has 0 radical (unpaired) electrons. The number of rotatable bonds is 5. The van der Waals surface area contributed by atoms with Crippen LogP contribution >= 0.6 is 11.6 Å². The zero-order valence-electron chi connectivity index (χ0n) is 15.8. The molecule has 1 amide bonds. The molecular weight excluding hydrogens is 386 g/mol. The number of carbonyl (C=O) groups excluding carboxylic acids is 1. The standard InChI is InChI=1S/C19H28ClN3O3S/c1-2-16-7-5-6-10-23(16)19(24)15-21-11-13-22(14-12-21)27(25,26)18-9-4-3-8-17(18)20/h3-4,8-9,16H,2,5-7,10-15H2,1H3/t16-/m1/s1. The monoisotopic (exact) mass is 413 g/mol. The molecule has 2 heterocycles. The van der Waals surface area contributed by atoms with Gasteiger partial charge in [-0.3, -0.25) is 9.69 Å². The van der Waals surface area contributed by atoms with Crippen LogP contribution in [0.4, 0.5) is 0 Å². The van der Waals surface area contributed by atoms with Gasteiger partial charge in [0.25, 0.3) is 0 Å². The van der Waals surface area contributed by atoms with Crippen molar-refractivity contribution < 1.29 is 13.2 Å². The molecule has 0 bridgehead atoms. The number of hydrogen-bond donors (Lipinski definition) is 0. The number of piperazine rings is 1. The van der Waals surface area contributed by atoms with Crippen LogP contribution in [0.5, 0.6) is 0 Å². The van der Waals surface area contributed by atoms with E-state index in [0.717, 1.165) is 25.8 Å². The van der Waals surface area contributed by atoms with Crippen molar-refractivity contribution in [3.05, 3.63) is 29.3 Å². The van der Waals surface area contributed by atoms with E-state index in [2.05, 4.69) is 11.8 Å². The van der Waals surface area contributed by atoms with E-state index in [1.54, 1.807) is 18.2 Å². The summed E-state index contributed by atoms with van der Waals surface area (Å²) in [4.78, 5) is 16.9. The van der Waals surface area contributed by atoms with Gasteiger partial charge in [-0.2, -0.15) is 4.31 Å². The minimum atomic E-state index is -3.60. The molecule has 2 saturated heterocycles. The molecule has 3 rings (SSSR count). The predicted octanol–water partition coefficient (Wildman–Crippen LogP) is 2.44. The smallest absolute Gasteiger partial charge is 0.244 e. The van der Waals surface area contributed by atoms with E-state index in [9.17, 15) is 13.2 Å². The number of halogens is 1. The van der Waals surface area contributed by atoms with E-state index in [0.29, 0.717) is 38.8 Å². The Balaban J connectivity index is 1.57. The Morgan fingerprint density at radius 2 is 1.81 bits per heavy atom. The zero-order valence-corrected chi connectivity index (χ0v) is 17.4. The summed E-state index contributed by atoms with van der Waals surface area (Å²) >= 11 is 6.07. The molecule has 0 aliphatic carbocycles. The van der Waals surface area contributed by atoms with Crippen LogP contribution in [0.15, 0.2) is 29.2 Å². The molecule has 0 aromatic heterocycles. The molecule has 2 aliphatic heterocycles. The van der Waals surface area contributed by atoms with Crippen molar-refractivity contribution in [3.8, 4) is 0 Å². The van der Waals surface area contributed by atoms with Crippen LogP contribution in [0.3, 0.4) is 0 Å². The molecule has 2 fully saturated rings. The predicted molar refractivity (Wildman–Crippen MR) is 106 cm³/mol. The molecule has 0 saturated carbocycles. The van der Waals surface area contributed by atoms with Gasteiger partial charge < -0.3 is 4.90 Å². The first-order valence-electron chi connectivity index (χ1n) is 9.70. The fourth-order valence-corrected chi connectivity index (χ4v) is 5.87. The Labute approximate surface area is 167 Å². The van der Waals surface area contributed by atoms with Gasteiger partial charge in [0.1, 0.15) is 4.90 Å². The number of piperidine rings is 1. The third-order valence-corrected chi connectivity index (χ3v) is 7.96. The van der Waals surface area contributed by atoms with E-state index < -0.39 is 10.0 Å². The Morgan fingerprint density at radius 1 is 1.11 bits per heavy atom. The van der Waals surface area contributed by atoms with E-state index in [1.807, 2.05) is 4.90 Å². The highest BCUT2D eigenvalue weighted by molar-refractivity contribution is 7.89. The molecule has 6 nitrogen and oxygen atoms in total. The molecule has 2 aliphatic rings. The van der Waals surface area contributed by atoms with Crippen molar-refractivity contribution >= 4 is 27.5 Å². The fourth-order valence-electron chi connectivity index (χ4n) is 3.96. The number of sulfonamides is 1. The molecule has 1 atom stereocenters. The van der Waals surface area contributed by atoms with Crippen molar-refractivity contribution in [1.82, 2.24) is 14.1 Å². The molecular formula is C19H28ClN3O3S. The molecule has 27 heavy (non-hydrogen) atoms. The average molecular weight is 414 g/mol. The Morgan fingerprint density at radius 3 is 2.48 bits per heavy atom. The van der Waals surface area contributed by atoms with Crippen molar-refractivity contribution in [2.24, 2.45) is 0 Å². The summed E-state index contributed by atoms with van der Waals surface area (Å²) in [5.41, 5.74) is 0. The number of nitrogens with zero attached hydrogens (tertiary/aromatic N) is 3. The van der Waals surface area contributed by atoms with Crippen LogP contribution in [0.1, 0.15) is 32.6 Å². The van der Waals surface area contributed by atoms with Crippen molar-refractivity contribution in [2.75, 3.05) is 39.3 Å². The molecule has 1 aromatic rings. The van der Waals surface area contributed by atoms with Crippen LogP contribution in [0.2, 0.25) is 5.02 Å². The lowest BCUT2D eigenvalue weighted by Crippen LogP contribution is -2.53. The van der Waals surface area contributed by atoms with Gasteiger partial charge >= 0.3 is 0 Å². The minimum absolute atomic E-state index is 0.148. The second kappa shape index (κ2) is 8.90. The lowest BCUT2D eigenvalue weighted by Gasteiger charge is -2.38. The maximum absolute atomic E-state index is 12.8. The van der Waals surface area contributed by atoms with Crippen molar-refractivity contribution in [1.29, 1.82) is 0 Å². The SMILES string of the molecule is CC[C@@H]1CCCCN1C(=O)CN1CCN(S(=O)(=O)c2ccccc2Cl)CC1. The van der Waals surface area contributed by atoms with E-state index >= 15 is 0 Å². The largest absolute Gasteiger partial charge is 0.339 e. The van der Waals surface area contributed by atoms with Crippen molar-refractivity contribution in [3.63, 3.8) is 0 Å². The van der Waals surface area contributed by atoms with Crippen LogP contribution in [0.25, 0.3) is 0 Å². The first-order valence-corrected chi connectivity index (χ1v) is 11.5. The summed E-state index contributed by atoms with van der Waals surface area (Å²) in [7, 11) is -3.60. The second-order valence-electron chi connectivity index (χ2n) is 7.26. The summed E-state index contributed by atoms with van der Waals surface area (Å²) in [5.74, 6) is 0.170. The lowest BCUT2D eigenvalue weighted by atomic mass is 10.00. The highest BCUT2D eigenvalue weighted by Crippen LogP contribution is 2.25. The number of carbonyl (C=O) groups is 1. The van der Waals surface area contributed by atoms with Gasteiger partial charge in [0, 0.05) is 38.8 Å².